The van der Waals surface area contributed by atoms with Crippen LogP contribution in [0, 0.1) is 5.92 Å². The van der Waals surface area contributed by atoms with E-state index < -0.39 is 0 Å². The first kappa shape index (κ1) is 12.6. The van der Waals surface area contributed by atoms with Gasteiger partial charge in [-0.3, -0.25) is 0 Å². The van der Waals surface area contributed by atoms with E-state index in [4.69, 9.17) is 34.8 Å². The van der Waals surface area contributed by atoms with Gasteiger partial charge in [0.05, 0.1) is 14.0 Å². The Morgan fingerprint density at radius 3 is 2.50 bits per heavy atom. The lowest BCUT2D eigenvalue weighted by Gasteiger charge is -2.16. The van der Waals surface area contributed by atoms with Crippen molar-refractivity contribution in [1.82, 2.24) is 0 Å². The molecule has 0 aliphatic carbocycles. The Balaban J connectivity index is 2.77. The van der Waals surface area contributed by atoms with Crippen LogP contribution in [-0.4, -0.2) is 0 Å². The maximum atomic E-state index is 6.32. The van der Waals surface area contributed by atoms with Crippen molar-refractivity contribution in [2.45, 2.75) is 32.1 Å². The van der Waals surface area contributed by atoms with Gasteiger partial charge < -0.3 is 0 Å². The summed E-state index contributed by atoms with van der Waals surface area (Å²) in [7, 11) is 0. The molecule has 4 heteroatoms. The largest absolute Gasteiger partial charge is 0.117 e. The molecule has 0 spiro atoms. The Morgan fingerprint density at radius 1 is 1.43 bits per heavy atom. The van der Waals surface area contributed by atoms with E-state index >= 15 is 0 Å². The minimum atomic E-state index is -0.0220. The summed E-state index contributed by atoms with van der Waals surface area (Å²) < 4.78 is 1.43. The van der Waals surface area contributed by atoms with E-state index in [-0.39, 0.29) is 5.38 Å². The molecule has 0 saturated carbocycles. The molecule has 80 valence electrons. The van der Waals surface area contributed by atoms with Crippen LogP contribution in [0.4, 0.5) is 0 Å². The van der Waals surface area contributed by atoms with Crippen LogP contribution in [0.1, 0.15) is 37.6 Å². The Kier molecular flexibility index (Phi) is 5.05. The molecule has 1 aromatic rings. The van der Waals surface area contributed by atoms with Crippen molar-refractivity contribution in [1.29, 1.82) is 0 Å². The first-order valence-electron chi connectivity index (χ1n) is 4.65. The SMILES string of the molecule is CCCC(C)C(Cl)c1cc(Cl)sc1Cl. The second-order valence-electron chi connectivity index (χ2n) is 3.45. The average Bonchev–Trinajstić information content (AvgIpc) is 2.44. The first-order chi connectivity index (χ1) is 6.56. The Bertz CT molecular complexity index is 296. The molecule has 0 N–H and O–H groups in total. The third kappa shape index (κ3) is 3.03. The molecule has 0 nitrogen and oxygen atoms in total. The van der Waals surface area contributed by atoms with Crippen LogP contribution in [0.25, 0.3) is 0 Å². The third-order valence-electron chi connectivity index (χ3n) is 2.22. The summed E-state index contributed by atoms with van der Waals surface area (Å²) in [5.74, 6) is 0.435. The number of halogens is 3. The van der Waals surface area contributed by atoms with Gasteiger partial charge in [0.2, 0.25) is 0 Å². The molecule has 1 aromatic heterocycles. The zero-order chi connectivity index (χ0) is 10.7. The zero-order valence-corrected chi connectivity index (χ0v) is 11.3. The smallest absolute Gasteiger partial charge is 0.0991 e. The maximum Gasteiger partial charge on any atom is 0.0991 e. The molecule has 0 aliphatic rings. The Morgan fingerprint density at radius 2 is 2.07 bits per heavy atom. The van der Waals surface area contributed by atoms with Crippen LogP contribution >= 0.6 is 46.1 Å². The number of thiophene rings is 1. The Labute approximate surface area is 104 Å². The molecular weight excluding hydrogens is 259 g/mol. The standard InChI is InChI=1S/C10H13Cl3S/c1-3-4-6(2)9(12)7-5-8(11)14-10(7)13/h5-6,9H,3-4H2,1-2H3. The van der Waals surface area contributed by atoms with Gasteiger partial charge in [0.1, 0.15) is 0 Å². The van der Waals surface area contributed by atoms with Gasteiger partial charge >= 0.3 is 0 Å². The molecule has 0 saturated heterocycles. The van der Waals surface area contributed by atoms with Crippen LogP contribution in [0.5, 0.6) is 0 Å². The van der Waals surface area contributed by atoms with E-state index in [0.717, 1.165) is 22.7 Å². The first-order valence-corrected chi connectivity index (χ1v) is 6.66. The lowest BCUT2D eigenvalue weighted by atomic mass is 9.98. The van der Waals surface area contributed by atoms with Crippen molar-refractivity contribution in [2.75, 3.05) is 0 Å². The molecule has 0 fully saturated rings. The van der Waals surface area contributed by atoms with E-state index in [1.165, 1.54) is 11.3 Å². The molecule has 0 amide bonds. The van der Waals surface area contributed by atoms with Crippen LogP contribution < -0.4 is 0 Å². The van der Waals surface area contributed by atoms with Crippen LogP contribution in [0.2, 0.25) is 8.67 Å². The molecule has 1 heterocycles. The molecular formula is C10H13Cl3S. The summed E-state index contributed by atoms with van der Waals surface area (Å²) in [6.45, 7) is 4.30. The summed E-state index contributed by atoms with van der Waals surface area (Å²) in [5.41, 5.74) is 0.976. The normalized spacial score (nSPS) is 15.5. The molecule has 2 unspecified atom stereocenters. The lowest BCUT2D eigenvalue weighted by molar-refractivity contribution is 0.508. The van der Waals surface area contributed by atoms with Gasteiger partial charge in [-0.2, -0.15) is 0 Å². The highest BCUT2D eigenvalue weighted by Crippen LogP contribution is 2.41. The highest BCUT2D eigenvalue weighted by Gasteiger charge is 2.20. The van der Waals surface area contributed by atoms with Crippen molar-refractivity contribution >= 4 is 46.1 Å². The van der Waals surface area contributed by atoms with Gasteiger partial charge in [-0.05, 0) is 18.4 Å². The molecule has 2 atom stereocenters. The molecule has 1 rings (SSSR count). The van der Waals surface area contributed by atoms with Gasteiger partial charge in [-0.1, -0.05) is 43.5 Å². The molecule has 0 bridgehead atoms. The van der Waals surface area contributed by atoms with Gasteiger partial charge in [-0.15, -0.1) is 22.9 Å². The highest BCUT2D eigenvalue weighted by molar-refractivity contribution is 7.20. The lowest BCUT2D eigenvalue weighted by Crippen LogP contribution is -2.02. The highest BCUT2D eigenvalue weighted by atomic mass is 35.5. The van der Waals surface area contributed by atoms with Crippen molar-refractivity contribution in [3.05, 3.63) is 20.3 Å². The van der Waals surface area contributed by atoms with E-state index in [9.17, 15) is 0 Å². The fourth-order valence-electron chi connectivity index (χ4n) is 1.45. The fourth-order valence-corrected chi connectivity index (χ4v) is 3.42. The molecule has 14 heavy (non-hydrogen) atoms. The number of rotatable bonds is 4. The van der Waals surface area contributed by atoms with E-state index in [2.05, 4.69) is 13.8 Å². The quantitative estimate of drug-likeness (QED) is 0.610. The van der Waals surface area contributed by atoms with Gasteiger partial charge in [0, 0.05) is 5.56 Å². The molecule has 0 aromatic carbocycles. The zero-order valence-electron chi connectivity index (χ0n) is 8.19. The van der Waals surface area contributed by atoms with Crippen molar-refractivity contribution in [3.8, 4) is 0 Å². The molecule has 0 radical (unpaired) electrons. The summed E-state index contributed by atoms with van der Waals surface area (Å²) in [6.07, 6.45) is 2.25. The van der Waals surface area contributed by atoms with E-state index in [1.807, 2.05) is 6.07 Å². The predicted molar refractivity (Wildman–Crippen MR) is 67.0 cm³/mol. The summed E-state index contributed by atoms with van der Waals surface area (Å²) in [4.78, 5) is 0. The van der Waals surface area contributed by atoms with Crippen molar-refractivity contribution < 1.29 is 0 Å². The summed E-state index contributed by atoms with van der Waals surface area (Å²) >= 11 is 19.6. The van der Waals surface area contributed by atoms with Crippen molar-refractivity contribution in [2.24, 2.45) is 5.92 Å². The average molecular weight is 272 g/mol. The number of hydrogen-bond acceptors (Lipinski definition) is 1. The number of hydrogen-bond donors (Lipinski definition) is 0. The third-order valence-corrected chi connectivity index (χ3v) is 4.41. The van der Waals surface area contributed by atoms with E-state index in [0.29, 0.717) is 10.3 Å². The Hall–Kier alpha value is 0.570. The summed E-state index contributed by atoms with van der Waals surface area (Å²) in [5, 5.41) is -0.0220. The van der Waals surface area contributed by atoms with Gasteiger partial charge in [0.25, 0.3) is 0 Å². The molecule has 0 aliphatic heterocycles. The second-order valence-corrected chi connectivity index (χ2v) is 6.20. The fraction of sp³-hybridized carbons (Fsp3) is 0.600. The second kappa shape index (κ2) is 5.60. The van der Waals surface area contributed by atoms with Crippen molar-refractivity contribution in [3.63, 3.8) is 0 Å². The van der Waals surface area contributed by atoms with Crippen LogP contribution in [0.3, 0.4) is 0 Å². The predicted octanol–water partition coefficient (Wildman–Crippen LogP) is 5.77. The number of alkyl halides is 1. The van der Waals surface area contributed by atoms with Gasteiger partial charge in [-0.25, -0.2) is 0 Å². The monoisotopic (exact) mass is 270 g/mol. The van der Waals surface area contributed by atoms with E-state index in [1.54, 1.807) is 0 Å². The van der Waals surface area contributed by atoms with Crippen LogP contribution in [0.15, 0.2) is 6.07 Å². The van der Waals surface area contributed by atoms with Gasteiger partial charge in [0.15, 0.2) is 0 Å². The maximum absolute atomic E-state index is 6.32. The minimum Gasteiger partial charge on any atom is -0.117 e. The minimum absolute atomic E-state index is 0.0220. The topological polar surface area (TPSA) is 0 Å². The summed E-state index contributed by atoms with van der Waals surface area (Å²) in [6, 6.07) is 1.87. The van der Waals surface area contributed by atoms with Crippen LogP contribution in [-0.2, 0) is 0 Å².